The topological polar surface area (TPSA) is 0 Å². The fourth-order valence-electron chi connectivity index (χ4n) is 0.144. The van der Waals surface area contributed by atoms with Crippen molar-refractivity contribution in [2.75, 3.05) is 0 Å². The molecule has 0 spiro atoms. The maximum atomic E-state index is 4.76. The van der Waals surface area contributed by atoms with Crippen molar-refractivity contribution in [1.29, 1.82) is 0 Å². The molecule has 0 rings (SSSR count). The minimum absolute atomic E-state index is 0.847. The summed E-state index contributed by atoms with van der Waals surface area (Å²) < 4.78 is 0. The molecular formula is C5H9ClZn. The molecule has 0 aromatic heterocycles. The van der Waals surface area contributed by atoms with E-state index in [0.717, 1.165) is 30.2 Å². The van der Waals surface area contributed by atoms with Gasteiger partial charge in [0.05, 0.1) is 0 Å². The van der Waals surface area contributed by atoms with Crippen molar-refractivity contribution >= 4 is 9.69 Å². The summed E-state index contributed by atoms with van der Waals surface area (Å²) in [6.07, 6.45) is 3.89. The third-order valence-corrected chi connectivity index (χ3v) is 0.408. The van der Waals surface area contributed by atoms with E-state index < -0.39 is 0 Å². The molecule has 2 heteroatoms. The van der Waals surface area contributed by atoms with Crippen molar-refractivity contribution in [3.05, 3.63) is 19.6 Å². The number of unbranched alkanes of at least 4 members (excludes halogenated alkanes) is 1. The molecule has 0 unspecified atom stereocenters. The predicted molar refractivity (Wildman–Crippen MR) is 30.6 cm³/mol. The van der Waals surface area contributed by atoms with Crippen LogP contribution in [0.15, 0.2) is 12.7 Å². The van der Waals surface area contributed by atoms with E-state index in [0.29, 0.717) is 0 Å². The molecular weight excluding hydrogens is 161 g/mol. The molecule has 0 bridgehead atoms. The Kier molecular flexibility index (Phi) is 24.1. The van der Waals surface area contributed by atoms with Gasteiger partial charge >= 0.3 is 27.0 Å². The molecule has 0 amide bonds. The van der Waals surface area contributed by atoms with Gasteiger partial charge in [0.2, 0.25) is 0 Å². The number of hydrogen-bond donors (Lipinski definition) is 0. The summed E-state index contributed by atoms with van der Waals surface area (Å²) in [6, 6.07) is 0. The van der Waals surface area contributed by atoms with Crippen LogP contribution in [0.2, 0.25) is 0 Å². The van der Waals surface area contributed by atoms with E-state index in [4.69, 9.17) is 9.69 Å². The van der Waals surface area contributed by atoms with Gasteiger partial charge in [-0.2, -0.15) is 6.42 Å². The van der Waals surface area contributed by atoms with Gasteiger partial charge in [-0.05, 0) is 0 Å². The van der Waals surface area contributed by atoms with E-state index in [2.05, 4.69) is 13.5 Å². The zero-order chi connectivity index (χ0) is 6.12. The summed E-state index contributed by atoms with van der Waals surface area (Å²) in [4.78, 5) is 0. The van der Waals surface area contributed by atoms with Crippen molar-refractivity contribution < 1.29 is 17.3 Å². The molecule has 0 aliphatic rings. The SMILES string of the molecule is C=CCC[CH2-].[Cl][Zn+]. The fraction of sp³-hybridized carbons (Fsp3) is 0.400. The number of allylic oxidation sites excluding steroid dienone is 1. The molecule has 0 saturated carbocycles. The van der Waals surface area contributed by atoms with Crippen LogP contribution in [-0.4, -0.2) is 0 Å². The van der Waals surface area contributed by atoms with Gasteiger partial charge in [0.25, 0.3) is 0 Å². The van der Waals surface area contributed by atoms with Gasteiger partial charge in [0.15, 0.2) is 0 Å². The van der Waals surface area contributed by atoms with Crippen molar-refractivity contribution in [2.24, 2.45) is 0 Å². The van der Waals surface area contributed by atoms with Crippen LogP contribution in [0.4, 0.5) is 0 Å². The Morgan fingerprint density at radius 3 is 2.14 bits per heavy atom. The van der Waals surface area contributed by atoms with Crippen molar-refractivity contribution in [1.82, 2.24) is 0 Å². The molecule has 0 N–H and O–H groups in total. The third-order valence-electron chi connectivity index (χ3n) is 0.408. The van der Waals surface area contributed by atoms with Crippen LogP contribution in [0.1, 0.15) is 12.8 Å². The van der Waals surface area contributed by atoms with E-state index in [9.17, 15) is 0 Å². The van der Waals surface area contributed by atoms with Crippen LogP contribution in [-0.2, 0) is 17.3 Å². The molecule has 0 aliphatic heterocycles. The van der Waals surface area contributed by atoms with Gasteiger partial charge in [-0.15, -0.1) is 6.58 Å². The van der Waals surface area contributed by atoms with E-state index in [1.54, 1.807) is 0 Å². The average Bonchev–Trinajstić information content (AvgIpc) is 1.75. The van der Waals surface area contributed by atoms with Gasteiger partial charge in [-0.1, -0.05) is 12.5 Å². The van der Waals surface area contributed by atoms with Crippen LogP contribution in [0.3, 0.4) is 0 Å². The summed E-state index contributed by atoms with van der Waals surface area (Å²) in [5.74, 6) is 0. The Labute approximate surface area is 59.7 Å². The molecule has 0 fully saturated rings. The van der Waals surface area contributed by atoms with Crippen LogP contribution >= 0.6 is 9.69 Å². The molecule has 0 heterocycles. The first kappa shape index (κ1) is 10.6. The Morgan fingerprint density at radius 1 is 1.71 bits per heavy atom. The summed E-state index contributed by atoms with van der Waals surface area (Å²) in [5, 5.41) is 0. The van der Waals surface area contributed by atoms with Crippen LogP contribution in [0.5, 0.6) is 0 Å². The summed E-state index contributed by atoms with van der Waals surface area (Å²) in [6.45, 7) is 7.11. The Hall–Kier alpha value is 0.653. The van der Waals surface area contributed by atoms with Crippen molar-refractivity contribution in [3.8, 4) is 0 Å². The number of halogens is 1. The van der Waals surface area contributed by atoms with Crippen LogP contribution < -0.4 is 0 Å². The standard InChI is InChI=1S/C5H9.ClH.Zn/c1-3-5-4-2;;/h3H,1-2,4-5H2;1H;/q-1;;+2/p-1. The molecule has 0 nitrogen and oxygen atoms in total. The van der Waals surface area contributed by atoms with Crippen LogP contribution in [0.25, 0.3) is 0 Å². The Morgan fingerprint density at radius 2 is 2.14 bits per heavy atom. The van der Waals surface area contributed by atoms with E-state index in [1.165, 1.54) is 0 Å². The second kappa shape index (κ2) is 15.9. The summed E-state index contributed by atoms with van der Waals surface area (Å²) in [7, 11) is 4.76. The average molecular weight is 170 g/mol. The minimum atomic E-state index is 0.847. The number of rotatable bonds is 2. The normalized spacial score (nSPS) is 6.29. The predicted octanol–water partition coefficient (Wildman–Crippen LogP) is 2.47. The van der Waals surface area contributed by atoms with Gasteiger partial charge in [0.1, 0.15) is 0 Å². The quantitative estimate of drug-likeness (QED) is 0.339. The molecule has 0 atom stereocenters. The first-order chi connectivity index (χ1) is 3.41. The summed E-state index contributed by atoms with van der Waals surface area (Å²) >= 11 is 0.847. The monoisotopic (exact) mass is 168 g/mol. The first-order valence-electron chi connectivity index (χ1n) is 2.08. The Balaban J connectivity index is 0. The van der Waals surface area contributed by atoms with Crippen LogP contribution in [0, 0.1) is 6.92 Å². The number of hydrogen-bond acceptors (Lipinski definition) is 0. The van der Waals surface area contributed by atoms with Crippen molar-refractivity contribution in [2.45, 2.75) is 12.8 Å². The molecule has 0 radical (unpaired) electrons. The van der Waals surface area contributed by atoms with E-state index >= 15 is 0 Å². The maximum absolute atomic E-state index is 4.76. The second-order valence-electron chi connectivity index (χ2n) is 0.931. The summed E-state index contributed by atoms with van der Waals surface area (Å²) in [5.41, 5.74) is 0. The van der Waals surface area contributed by atoms with Gasteiger partial charge in [0, 0.05) is 0 Å². The first-order valence-corrected chi connectivity index (χ1v) is 5.98. The molecule has 0 aliphatic carbocycles. The Bertz CT molecular complexity index is 29.3. The van der Waals surface area contributed by atoms with Gasteiger partial charge in [-0.3, -0.25) is 0 Å². The molecule has 0 aromatic rings. The van der Waals surface area contributed by atoms with Gasteiger partial charge < -0.3 is 6.92 Å². The molecule has 0 saturated heterocycles. The molecule has 38 valence electrons. The molecule has 0 aromatic carbocycles. The van der Waals surface area contributed by atoms with E-state index in [1.807, 2.05) is 6.08 Å². The van der Waals surface area contributed by atoms with E-state index in [-0.39, 0.29) is 0 Å². The van der Waals surface area contributed by atoms with Crippen molar-refractivity contribution in [3.63, 3.8) is 0 Å². The third kappa shape index (κ3) is 20.5. The second-order valence-corrected chi connectivity index (χ2v) is 0.931. The van der Waals surface area contributed by atoms with Gasteiger partial charge in [-0.25, -0.2) is 0 Å². The zero-order valence-corrected chi connectivity index (χ0v) is 8.21. The fourth-order valence-corrected chi connectivity index (χ4v) is 0.144. The zero-order valence-electron chi connectivity index (χ0n) is 4.49. The molecule has 7 heavy (non-hydrogen) atoms.